The monoisotopic (exact) mass is 476 g/mol. The van der Waals surface area contributed by atoms with E-state index in [0.29, 0.717) is 17.8 Å². The number of esters is 1. The van der Waals surface area contributed by atoms with Gasteiger partial charge in [0.2, 0.25) is 0 Å². The Hall–Kier alpha value is -3.22. The minimum Gasteiger partial charge on any atom is -0.478 e. The Balaban J connectivity index is 1.57. The Kier molecular flexibility index (Phi) is 8.28. The Morgan fingerprint density at radius 1 is 0.941 bits per heavy atom. The number of fused-ring (bicyclic) bond motifs is 1. The van der Waals surface area contributed by atoms with E-state index in [2.05, 4.69) is 53.3 Å². The molecule has 0 saturated carbocycles. The normalized spacial score (nSPS) is 11.1. The van der Waals surface area contributed by atoms with E-state index in [1.165, 1.54) is 18.2 Å². The van der Waals surface area contributed by atoms with E-state index in [1.54, 1.807) is 6.07 Å². The highest BCUT2D eigenvalue weighted by Crippen LogP contribution is 2.38. The summed E-state index contributed by atoms with van der Waals surface area (Å²) in [4.78, 5) is 11.5. The molecule has 0 saturated heterocycles. The van der Waals surface area contributed by atoms with E-state index in [0.717, 1.165) is 28.9 Å². The highest BCUT2D eigenvalue weighted by atomic mass is 32.2. The number of hydrogen-bond donors (Lipinski definition) is 1. The molecular formula is C28H28O5S. The van der Waals surface area contributed by atoms with Gasteiger partial charge in [0.25, 0.3) is 0 Å². The number of rotatable bonds is 11. The van der Waals surface area contributed by atoms with Crippen LogP contribution in [0.15, 0.2) is 83.3 Å². The zero-order valence-electron chi connectivity index (χ0n) is 19.1. The summed E-state index contributed by atoms with van der Waals surface area (Å²) in [5, 5.41) is 10.8. The maximum atomic E-state index is 11.5. The van der Waals surface area contributed by atoms with Crippen LogP contribution in [0.25, 0.3) is 11.0 Å². The van der Waals surface area contributed by atoms with Crippen LogP contribution in [0.5, 0.6) is 5.75 Å². The van der Waals surface area contributed by atoms with Gasteiger partial charge >= 0.3 is 5.97 Å². The standard InChI is InChI=1S/C28H28O5S/c1-31-26(30)19-32-25-14-8-13-23-22(24(15-17-29)33-27(23)25)16-18-34-28(20-9-4-2-5-10-20)21-11-6-3-7-12-21/h2-14,28-29H,15-19H2,1H3. The van der Waals surface area contributed by atoms with Gasteiger partial charge in [-0.3, -0.25) is 0 Å². The molecule has 0 bridgehead atoms. The van der Waals surface area contributed by atoms with Crippen molar-refractivity contribution in [2.75, 3.05) is 26.1 Å². The summed E-state index contributed by atoms with van der Waals surface area (Å²) in [7, 11) is 1.33. The summed E-state index contributed by atoms with van der Waals surface area (Å²) < 4.78 is 16.4. The molecule has 0 spiro atoms. The lowest BCUT2D eigenvalue weighted by Crippen LogP contribution is -2.12. The van der Waals surface area contributed by atoms with Gasteiger partial charge in [-0.15, -0.1) is 11.8 Å². The molecule has 6 heteroatoms. The summed E-state index contributed by atoms with van der Waals surface area (Å²) in [6, 6.07) is 26.7. The van der Waals surface area contributed by atoms with Crippen molar-refractivity contribution in [2.24, 2.45) is 0 Å². The van der Waals surface area contributed by atoms with E-state index < -0.39 is 5.97 Å². The minimum atomic E-state index is -0.455. The molecule has 0 radical (unpaired) electrons. The van der Waals surface area contributed by atoms with Crippen LogP contribution < -0.4 is 4.74 Å². The van der Waals surface area contributed by atoms with Gasteiger partial charge in [0.05, 0.1) is 19.0 Å². The number of methoxy groups -OCH3 is 1. The van der Waals surface area contributed by atoms with Gasteiger partial charge in [-0.2, -0.15) is 0 Å². The maximum absolute atomic E-state index is 11.5. The van der Waals surface area contributed by atoms with Crippen LogP contribution in [0, 0.1) is 0 Å². The number of ether oxygens (including phenoxy) is 2. The van der Waals surface area contributed by atoms with Crippen LogP contribution in [0.2, 0.25) is 0 Å². The van der Waals surface area contributed by atoms with Crippen molar-refractivity contribution in [3.05, 3.63) is 101 Å². The van der Waals surface area contributed by atoms with Gasteiger partial charge in [0, 0.05) is 17.4 Å². The molecule has 4 aromatic rings. The first-order valence-electron chi connectivity index (χ1n) is 11.3. The van der Waals surface area contributed by atoms with E-state index in [1.807, 2.05) is 36.0 Å². The van der Waals surface area contributed by atoms with Gasteiger partial charge in [-0.25, -0.2) is 4.79 Å². The third-order valence-electron chi connectivity index (χ3n) is 5.62. The fourth-order valence-electron chi connectivity index (χ4n) is 4.00. The number of carbonyl (C=O) groups excluding carboxylic acids is 1. The predicted molar refractivity (Wildman–Crippen MR) is 135 cm³/mol. The highest BCUT2D eigenvalue weighted by Gasteiger charge is 2.19. The number of para-hydroxylation sites is 1. The average Bonchev–Trinajstić information content (AvgIpc) is 3.24. The van der Waals surface area contributed by atoms with Crippen LogP contribution in [-0.2, 0) is 22.4 Å². The highest BCUT2D eigenvalue weighted by molar-refractivity contribution is 7.99. The van der Waals surface area contributed by atoms with Crippen molar-refractivity contribution >= 4 is 28.7 Å². The molecule has 5 nitrogen and oxygen atoms in total. The second kappa shape index (κ2) is 11.8. The zero-order valence-corrected chi connectivity index (χ0v) is 19.9. The molecule has 0 atom stereocenters. The number of thioether (sulfide) groups is 1. The number of benzene rings is 3. The predicted octanol–water partition coefficient (Wildman–Crippen LogP) is 5.58. The molecule has 4 rings (SSSR count). The molecule has 0 aliphatic heterocycles. The molecule has 1 heterocycles. The van der Waals surface area contributed by atoms with Crippen LogP contribution >= 0.6 is 11.8 Å². The number of aryl methyl sites for hydroxylation is 1. The summed E-state index contributed by atoms with van der Waals surface area (Å²) in [5.41, 5.74) is 4.20. The molecule has 0 aliphatic rings. The molecule has 1 N–H and O–H groups in total. The molecule has 1 aromatic heterocycles. The molecular weight excluding hydrogens is 448 g/mol. The number of hydrogen-bond acceptors (Lipinski definition) is 6. The fraction of sp³-hybridized carbons (Fsp3) is 0.250. The summed E-state index contributed by atoms with van der Waals surface area (Å²) in [5.74, 6) is 1.66. The second-order valence-corrected chi connectivity index (χ2v) is 9.01. The van der Waals surface area contributed by atoms with Crippen LogP contribution in [-0.4, -0.2) is 37.2 Å². The number of aliphatic hydroxyl groups excluding tert-OH is 1. The van der Waals surface area contributed by atoms with Crippen LogP contribution in [0.3, 0.4) is 0 Å². The molecule has 0 aliphatic carbocycles. The van der Waals surface area contributed by atoms with Gasteiger partial charge in [-0.05, 0) is 29.4 Å². The van der Waals surface area contributed by atoms with Crippen molar-refractivity contribution in [1.29, 1.82) is 0 Å². The fourth-order valence-corrected chi connectivity index (χ4v) is 5.26. The van der Waals surface area contributed by atoms with E-state index in [9.17, 15) is 9.90 Å². The summed E-state index contributed by atoms with van der Waals surface area (Å²) >= 11 is 1.89. The minimum absolute atomic E-state index is 0.00499. The average molecular weight is 477 g/mol. The molecule has 0 fully saturated rings. The maximum Gasteiger partial charge on any atom is 0.343 e. The van der Waals surface area contributed by atoms with E-state index >= 15 is 0 Å². The Morgan fingerprint density at radius 2 is 1.62 bits per heavy atom. The van der Waals surface area contributed by atoms with Crippen LogP contribution in [0.4, 0.5) is 0 Å². The topological polar surface area (TPSA) is 68.9 Å². The largest absolute Gasteiger partial charge is 0.478 e. The van der Waals surface area contributed by atoms with Crippen molar-refractivity contribution in [3.8, 4) is 5.75 Å². The Bertz CT molecular complexity index is 1160. The SMILES string of the molecule is COC(=O)COc1cccc2c(CCSC(c3ccccc3)c3ccccc3)c(CCO)oc12. The second-order valence-electron chi connectivity index (χ2n) is 7.80. The van der Waals surface area contributed by atoms with Crippen LogP contribution in [0.1, 0.15) is 27.7 Å². The summed E-state index contributed by atoms with van der Waals surface area (Å²) in [6.45, 7) is -0.193. The van der Waals surface area contributed by atoms with Crippen molar-refractivity contribution < 1.29 is 23.8 Å². The van der Waals surface area contributed by atoms with E-state index in [4.69, 9.17) is 9.15 Å². The lowest BCUT2D eigenvalue weighted by Gasteiger charge is -2.18. The molecule has 0 unspecified atom stereocenters. The zero-order chi connectivity index (χ0) is 23.8. The van der Waals surface area contributed by atoms with Gasteiger partial charge in [-0.1, -0.05) is 72.8 Å². The number of aliphatic hydroxyl groups is 1. The Labute approximate surface area is 203 Å². The molecule has 34 heavy (non-hydrogen) atoms. The van der Waals surface area contributed by atoms with E-state index in [-0.39, 0.29) is 18.5 Å². The third kappa shape index (κ3) is 5.64. The smallest absolute Gasteiger partial charge is 0.343 e. The molecule has 176 valence electrons. The third-order valence-corrected chi connectivity index (χ3v) is 6.94. The number of carbonyl (C=O) groups is 1. The van der Waals surface area contributed by atoms with Crippen molar-refractivity contribution in [1.82, 2.24) is 0 Å². The number of furan rings is 1. The van der Waals surface area contributed by atoms with Gasteiger partial charge in [0.1, 0.15) is 5.76 Å². The van der Waals surface area contributed by atoms with Gasteiger partial charge in [0.15, 0.2) is 17.9 Å². The quantitative estimate of drug-likeness (QED) is 0.285. The van der Waals surface area contributed by atoms with Gasteiger partial charge < -0.3 is 19.0 Å². The molecule has 3 aromatic carbocycles. The molecule has 0 amide bonds. The lowest BCUT2D eigenvalue weighted by atomic mass is 10.0. The summed E-state index contributed by atoms with van der Waals surface area (Å²) in [6.07, 6.45) is 1.20. The Morgan fingerprint density at radius 3 is 2.24 bits per heavy atom. The van der Waals surface area contributed by atoms with Crippen molar-refractivity contribution in [3.63, 3.8) is 0 Å². The van der Waals surface area contributed by atoms with Crippen molar-refractivity contribution in [2.45, 2.75) is 18.1 Å². The first-order chi connectivity index (χ1) is 16.7. The lowest BCUT2D eigenvalue weighted by molar-refractivity contribution is -0.142. The first kappa shape index (κ1) is 23.9. The first-order valence-corrected chi connectivity index (χ1v) is 12.3.